The number of thiazole rings is 1. The monoisotopic (exact) mass is 329 g/mol. The summed E-state index contributed by atoms with van der Waals surface area (Å²) in [6.45, 7) is 0. The van der Waals surface area contributed by atoms with Gasteiger partial charge >= 0.3 is 0 Å². The standard InChI is InChI=1S/C15H8ClN3O2S/c16-10-4-1-3-9(7-10)13-17-15-19(18-13)14(20)12(22-15)8-11-5-2-6-21-11/h1-8H. The molecule has 0 aliphatic rings. The summed E-state index contributed by atoms with van der Waals surface area (Å²) < 4.78 is 7.05. The maximum Gasteiger partial charge on any atom is 0.291 e. The zero-order valence-corrected chi connectivity index (χ0v) is 12.6. The molecule has 0 aliphatic heterocycles. The summed E-state index contributed by atoms with van der Waals surface area (Å²) >= 11 is 7.24. The third-order valence-electron chi connectivity index (χ3n) is 3.08. The topological polar surface area (TPSA) is 60.4 Å². The van der Waals surface area contributed by atoms with Crippen molar-refractivity contribution in [1.29, 1.82) is 0 Å². The number of rotatable bonds is 2. The molecule has 0 saturated carbocycles. The highest BCUT2D eigenvalue weighted by Crippen LogP contribution is 2.20. The fourth-order valence-corrected chi connectivity index (χ4v) is 3.16. The van der Waals surface area contributed by atoms with Crippen molar-refractivity contribution in [2.75, 3.05) is 0 Å². The molecule has 0 aliphatic carbocycles. The number of furan rings is 1. The minimum Gasteiger partial charge on any atom is -0.465 e. The highest BCUT2D eigenvalue weighted by Gasteiger charge is 2.12. The van der Waals surface area contributed by atoms with E-state index >= 15 is 0 Å². The molecule has 0 N–H and O–H groups in total. The Morgan fingerprint density at radius 1 is 1.27 bits per heavy atom. The molecule has 0 saturated heterocycles. The summed E-state index contributed by atoms with van der Waals surface area (Å²) in [7, 11) is 0. The molecule has 22 heavy (non-hydrogen) atoms. The normalized spacial score (nSPS) is 12.3. The lowest BCUT2D eigenvalue weighted by Gasteiger charge is -1.94. The van der Waals surface area contributed by atoms with Crippen LogP contribution < -0.4 is 10.1 Å². The first kappa shape index (κ1) is 13.2. The molecule has 108 valence electrons. The summed E-state index contributed by atoms with van der Waals surface area (Å²) in [5.74, 6) is 1.10. The Morgan fingerprint density at radius 2 is 2.18 bits per heavy atom. The van der Waals surface area contributed by atoms with Gasteiger partial charge in [0.25, 0.3) is 5.56 Å². The number of fused-ring (bicyclic) bond motifs is 1. The Bertz CT molecular complexity index is 1070. The SMILES string of the molecule is O=c1c(=Cc2ccco2)sc2nc(-c3cccc(Cl)c3)nn12. The van der Waals surface area contributed by atoms with Crippen molar-refractivity contribution in [3.63, 3.8) is 0 Å². The molecule has 4 aromatic rings. The van der Waals surface area contributed by atoms with Crippen LogP contribution in [-0.2, 0) is 0 Å². The minimum absolute atomic E-state index is 0.211. The van der Waals surface area contributed by atoms with Crippen LogP contribution in [0, 0.1) is 0 Å². The Morgan fingerprint density at radius 3 is 2.91 bits per heavy atom. The Labute approximate surface area is 133 Å². The van der Waals surface area contributed by atoms with E-state index in [0.717, 1.165) is 5.56 Å². The minimum atomic E-state index is -0.211. The molecule has 0 radical (unpaired) electrons. The zero-order chi connectivity index (χ0) is 15.1. The number of halogens is 1. The first-order valence-corrected chi connectivity index (χ1v) is 7.61. The van der Waals surface area contributed by atoms with Crippen molar-refractivity contribution in [3.8, 4) is 11.4 Å². The van der Waals surface area contributed by atoms with Gasteiger partial charge in [-0.1, -0.05) is 35.1 Å². The van der Waals surface area contributed by atoms with E-state index in [0.29, 0.717) is 26.1 Å². The average Bonchev–Trinajstić information content (AvgIpc) is 3.20. The molecule has 7 heteroatoms. The second-order valence-electron chi connectivity index (χ2n) is 4.57. The maximum atomic E-state index is 12.3. The molecular formula is C15H8ClN3O2S. The second-order valence-corrected chi connectivity index (χ2v) is 6.02. The van der Waals surface area contributed by atoms with E-state index in [-0.39, 0.29) is 5.56 Å². The lowest BCUT2D eigenvalue weighted by Crippen LogP contribution is -2.23. The molecule has 0 fully saturated rings. The second kappa shape index (κ2) is 5.08. The fraction of sp³-hybridized carbons (Fsp3) is 0. The van der Waals surface area contributed by atoms with Gasteiger partial charge in [-0.15, -0.1) is 5.10 Å². The van der Waals surface area contributed by atoms with Crippen LogP contribution in [0.3, 0.4) is 0 Å². The van der Waals surface area contributed by atoms with E-state index in [1.807, 2.05) is 12.1 Å². The van der Waals surface area contributed by atoms with Crippen molar-refractivity contribution in [2.24, 2.45) is 0 Å². The van der Waals surface area contributed by atoms with Gasteiger partial charge in [0, 0.05) is 16.7 Å². The Hall–Kier alpha value is -2.44. The molecule has 0 spiro atoms. The van der Waals surface area contributed by atoms with E-state index in [2.05, 4.69) is 10.1 Å². The van der Waals surface area contributed by atoms with Crippen molar-refractivity contribution < 1.29 is 4.42 Å². The highest BCUT2D eigenvalue weighted by molar-refractivity contribution is 7.15. The zero-order valence-electron chi connectivity index (χ0n) is 11.1. The van der Waals surface area contributed by atoms with Crippen LogP contribution in [0.15, 0.2) is 51.9 Å². The van der Waals surface area contributed by atoms with Crippen molar-refractivity contribution in [3.05, 3.63) is 68.3 Å². The molecule has 0 amide bonds. The number of hydrogen-bond acceptors (Lipinski definition) is 5. The van der Waals surface area contributed by atoms with Gasteiger partial charge in [0.1, 0.15) is 10.3 Å². The van der Waals surface area contributed by atoms with Gasteiger partial charge in [-0.2, -0.15) is 9.50 Å². The largest absolute Gasteiger partial charge is 0.465 e. The number of hydrogen-bond donors (Lipinski definition) is 0. The van der Waals surface area contributed by atoms with Crippen molar-refractivity contribution in [2.45, 2.75) is 0 Å². The molecule has 5 nitrogen and oxygen atoms in total. The number of nitrogens with zero attached hydrogens (tertiary/aromatic N) is 3. The van der Waals surface area contributed by atoms with Gasteiger partial charge in [-0.05, 0) is 24.3 Å². The van der Waals surface area contributed by atoms with E-state index in [4.69, 9.17) is 16.0 Å². The van der Waals surface area contributed by atoms with E-state index in [9.17, 15) is 4.79 Å². The number of aromatic nitrogens is 3. The summed E-state index contributed by atoms with van der Waals surface area (Å²) in [6, 6.07) is 10.8. The fourth-order valence-electron chi connectivity index (χ4n) is 2.09. The third-order valence-corrected chi connectivity index (χ3v) is 4.28. The van der Waals surface area contributed by atoms with Gasteiger partial charge in [0.15, 0.2) is 5.82 Å². The summed E-state index contributed by atoms with van der Waals surface area (Å²) in [5.41, 5.74) is 0.566. The molecule has 3 aromatic heterocycles. The first-order valence-electron chi connectivity index (χ1n) is 6.41. The van der Waals surface area contributed by atoms with Gasteiger partial charge in [-0.3, -0.25) is 4.79 Å². The quantitative estimate of drug-likeness (QED) is 0.567. The highest BCUT2D eigenvalue weighted by atomic mass is 35.5. The predicted molar refractivity (Wildman–Crippen MR) is 85.1 cm³/mol. The molecule has 0 bridgehead atoms. The van der Waals surface area contributed by atoms with Gasteiger partial charge in [-0.25, -0.2) is 0 Å². The number of benzene rings is 1. The van der Waals surface area contributed by atoms with E-state index in [1.54, 1.807) is 36.6 Å². The third kappa shape index (κ3) is 2.22. The molecule has 0 unspecified atom stereocenters. The maximum absolute atomic E-state index is 12.3. The van der Waals surface area contributed by atoms with Crippen LogP contribution in [0.25, 0.3) is 22.4 Å². The molecule has 0 atom stereocenters. The molecule has 3 heterocycles. The van der Waals surface area contributed by atoms with Crippen LogP contribution in [0.1, 0.15) is 5.76 Å². The lowest BCUT2D eigenvalue weighted by molar-refractivity contribution is 0.556. The van der Waals surface area contributed by atoms with Crippen LogP contribution in [0.4, 0.5) is 0 Å². The average molecular weight is 330 g/mol. The lowest BCUT2D eigenvalue weighted by atomic mass is 10.2. The smallest absolute Gasteiger partial charge is 0.291 e. The van der Waals surface area contributed by atoms with Crippen LogP contribution >= 0.6 is 22.9 Å². The van der Waals surface area contributed by atoms with E-state index in [1.165, 1.54) is 15.9 Å². The van der Waals surface area contributed by atoms with Crippen LogP contribution in [0.2, 0.25) is 5.02 Å². The van der Waals surface area contributed by atoms with E-state index < -0.39 is 0 Å². The Kier molecular flexibility index (Phi) is 3.06. The molecule has 1 aromatic carbocycles. The first-order chi connectivity index (χ1) is 10.7. The predicted octanol–water partition coefficient (Wildman–Crippen LogP) is 2.61. The van der Waals surface area contributed by atoms with Crippen molar-refractivity contribution in [1.82, 2.24) is 14.6 Å². The van der Waals surface area contributed by atoms with Gasteiger partial charge in [0.2, 0.25) is 4.96 Å². The Balaban J connectivity index is 1.86. The molecular weight excluding hydrogens is 322 g/mol. The van der Waals surface area contributed by atoms with Gasteiger partial charge < -0.3 is 4.42 Å². The van der Waals surface area contributed by atoms with Crippen LogP contribution in [-0.4, -0.2) is 14.6 Å². The van der Waals surface area contributed by atoms with Gasteiger partial charge in [0.05, 0.1) is 6.26 Å². The summed E-state index contributed by atoms with van der Waals surface area (Å²) in [5, 5.41) is 4.87. The molecule has 4 rings (SSSR count). The summed E-state index contributed by atoms with van der Waals surface area (Å²) in [4.78, 5) is 17.3. The van der Waals surface area contributed by atoms with Crippen molar-refractivity contribution >= 4 is 34.0 Å². The summed E-state index contributed by atoms with van der Waals surface area (Å²) in [6.07, 6.45) is 3.24. The van der Waals surface area contributed by atoms with Crippen LogP contribution in [0.5, 0.6) is 0 Å².